The first-order valence-electron chi connectivity index (χ1n) is 5.14. The molecule has 16 heavy (non-hydrogen) atoms. The Bertz CT molecular complexity index is 356. The summed E-state index contributed by atoms with van der Waals surface area (Å²) in [5, 5.41) is 4.00. The molecular formula is C11H13BrClNO2. The first-order valence-corrected chi connectivity index (χ1v) is 6.31. The van der Waals surface area contributed by atoms with E-state index in [4.69, 9.17) is 21.1 Å². The fraction of sp³-hybridized carbons (Fsp3) is 0.455. The first kappa shape index (κ1) is 12.2. The lowest BCUT2D eigenvalue weighted by Gasteiger charge is -2.23. The van der Waals surface area contributed by atoms with E-state index >= 15 is 0 Å². The molecule has 1 fully saturated rings. The lowest BCUT2D eigenvalue weighted by molar-refractivity contribution is -0.133. The molecule has 1 aliphatic heterocycles. The van der Waals surface area contributed by atoms with Crippen LogP contribution in [-0.4, -0.2) is 26.0 Å². The van der Waals surface area contributed by atoms with Crippen LogP contribution in [0.1, 0.15) is 6.42 Å². The average Bonchev–Trinajstić information content (AvgIpc) is 2.32. The van der Waals surface area contributed by atoms with Gasteiger partial charge in [-0.3, -0.25) is 0 Å². The highest BCUT2D eigenvalue weighted by molar-refractivity contribution is 9.10. The molecule has 1 aromatic carbocycles. The molecule has 88 valence electrons. The number of benzene rings is 1. The van der Waals surface area contributed by atoms with Crippen molar-refractivity contribution in [3.8, 4) is 0 Å². The van der Waals surface area contributed by atoms with Crippen molar-refractivity contribution < 1.29 is 9.47 Å². The van der Waals surface area contributed by atoms with Gasteiger partial charge in [0.05, 0.1) is 23.4 Å². The van der Waals surface area contributed by atoms with E-state index in [9.17, 15) is 0 Å². The molecule has 1 heterocycles. The van der Waals surface area contributed by atoms with Crippen LogP contribution in [0.15, 0.2) is 22.7 Å². The molecule has 0 amide bonds. The molecule has 1 aromatic rings. The Hall–Kier alpha value is -0.290. The Kier molecular flexibility index (Phi) is 4.46. The highest BCUT2D eigenvalue weighted by Crippen LogP contribution is 2.25. The molecule has 0 radical (unpaired) electrons. The minimum absolute atomic E-state index is 0.198. The van der Waals surface area contributed by atoms with Crippen LogP contribution in [0.5, 0.6) is 0 Å². The summed E-state index contributed by atoms with van der Waals surface area (Å²) >= 11 is 9.48. The van der Waals surface area contributed by atoms with Crippen molar-refractivity contribution >= 4 is 33.2 Å². The van der Waals surface area contributed by atoms with Crippen molar-refractivity contribution in [1.29, 1.82) is 0 Å². The number of hydrogen-bond donors (Lipinski definition) is 1. The van der Waals surface area contributed by atoms with Crippen molar-refractivity contribution in [2.75, 3.05) is 25.3 Å². The van der Waals surface area contributed by atoms with Gasteiger partial charge in [0.25, 0.3) is 0 Å². The fourth-order valence-electron chi connectivity index (χ4n) is 1.52. The standard InChI is InChI=1S/C11H13BrClNO2/c12-8-1-2-10(13)11(5-8)14-6-9-3-4-15-7-16-9/h1-2,5,9,14H,3-4,6-7H2. The van der Waals surface area contributed by atoms with E-state index in [0.717, 1.165) is 34.8 Å². The first-order chi connectivity index (χ1) is 7.75. The Labute approximate surface area is 108 Å². The number of halogens is 2. The van der Waals surface area contributed by atoms with E-state index in [2.05, 4.69) is 21.2 Å². The maximum atomic E-state index is 6.07. The normalized spacial score (nSPS) is 20.8. The van der Waals surface area contributed by atoms with Gasteiger partial charge < -0.3 is 14.8 Å². The lowest BCUT2D eigenvalue weighted by atomic mass is 10.2. The maximum absolute atomic E-state index is 6.07. The zero-order valence-electron chi connectivity index (χ0n) is 8.71. The largest absolute Gasteiger partial charge is 0.381 e. The predicted octanol–water partition coefficient (Wildman–Crippen LogP) is 3.28. The number of ether oxygens (including phenoxy) is 2. The Morgan fingerprint density at radius 3 is 3.12 bits per heavy atom. The number of anilines is 1. The third kappa shape index (κ3) is 3.35. The topological polar surface area (TPSA) is 30.5 Å². The van der Waals surface area contributed by atoms with Crippen molar-refractivity contribution in [3.63, 3.8) is 0 Å². The molecule has 1 N–H and O–H groups in total. The smallest absolute Gasteiger partial charge is 0.147 e. The van der Waals surface area contributed by atoms with Gasteiger partial charge >= 0.3 is 0 Å². The van der Waals surface area contributed by atoms with E-state index in [1.807, 2.05) is 18.2 Å². The van der Waals surface area contributed by atoms with E-state index < -0.39 is 0 Å². The Morgan fingerprint density at radius 2 is 2.38 bits per heavy atom. The molecule has 5 heteroatoms. The highest BCUT2D eigenvalue weighted by Gasteiger charge is 2.14. The van der Waals surface area contributed by atoms with Gasteiger partial charge in [-0.2, -0.15) is 0 Å². The number of hydrogen-bond acceptors (Lipinski definition) is 3. The second-order valence-electron chi connectivity index (χ2n) is 3.61. The second kappa shape index (κ2) is 5.87. The maximum Gasteiger partial charge on any atom is 0.147 e. The summed E-state index contributed by atoms with van der Waals surface area (Å²) < 4.78 is 11.5. The van der Waals surface area contributed by atoms with Crippen LogP contribution in [0.25, 0.3) is 0 Å². The summed E-state index contributed by atoms with van der Waals surface area (Å²) in [6, 6.07) is 5.74. The molecule has 1 unspecified atom stereocenters. The average molecular weight is 307 g/mol. The van der Waals surface area contributed by atoms with Crippen LogP contribution in [0.2, 0.25) is 5.02 Å². The summed E-state index contributed by atoms with van der Waals surface area (Å²) in [6.07, 6.45) is 1.11. The quantitative estimate of drug-likeness (QED) is 0.929. The monoisotopic (exact) mass is 305 g/mol. The van der Waals surface area contributed by atoms with Crippen LogP contribution in [0.3, 0.4) is 0 Å². The molecule has 0 spiro atoms. The summed E-state index contributed by atoms with van der Waals surface area (Å²) in [7, 11) is 0. The second-order valence-corrected chi connectivity index (χ2v) is 4.93. The highest BCUT2D eigenvalue weighted by atomic mass is 79.9. The summed E-state index contributed by atoms with van der Waals surface area (Å²) in [5.74, 6) is 0. The molecule has 0 aromatic heterocycles. The summed E-state index contributed by atoms with van der Waals surface area (Å²) in [4.78, 5) is 0. The van der Waals surface area contributed by atoms with Crippen LogP contribution >= 0.6 is 27.5 Å². The van der Waals surface area contributed by atoms with Gasteiger partial charge in [-0.15, -0.1) is 0 Å². The molecule has 1 atom stereocenters. The molecule has 0 saturated carbocycles. The molecule has 3 nitrogen and oxygen atoms in total. The van der Waals surface area contributed by atoms with E-state index in [1.165, 1.54) is 0 Å². The Morgan fingerprint density at radius 1 is 1.50 bits per heavy atom. The zero-order chi connectivity index (χ0) is 11.4. The van der Waals surface area contributed by atoms with Gasteiger partial charge in [-0.1, -0.05) is 27.5 Å². The van der Waals surface area contributed by atoms with Crippen LogP contribution in [0.4, 0.5) is 5.69 Å². The number of nitrogens with one attached hydrogen (secondary N) is 1. The van der Waals surface area contributed by atoms with Gasteiger partial charge in [0.1, 0.15) is 6.79 Å². The van der Waals surface area contributed by atoms with Gasteiger partial charge in [0.2, 0.25) is 0 Å². The minimum Gasteiger partial charge on any atom is -0.381 e. The van der Waals surface area contributed by atoms with Crippen LogP contribution in [0, 0.1) is 0 Å². The van der Waals surface area contributed by atoms with Crippen LogP contribution < -0.4 is 5.32 Å². The molecule has 1 saturated heterocycles. The van der Waals surface area contributed by atoms with Crippen molar-refractivity contribution in [1.82, 2.24) is 0 Å². The Balaban J connectivity index is 1.90. The number of rotatable bonds is 3. The fourth-order valence-corrected chi connectivity index (χ4v) is 2.06. The van der Waals surface area contributed by atoms with Gasteiger partial charge in [-0.05, 0) is 24.6 Å². The van der Waals surface area contributed by atoms with E-state index in [0.29, 0.717) is 6.79 Å². The third-order valence-corrected chi connectivity index (χ3v) is 3.24. The molecule has 2 rings (SSSR count). The van der Waals surface area contributed by atoms with Crippen molar-refractivity contribution in [3.05, 3.63) is 27.7 Å². The molecular weight excluding hydrogens is 293 g/mol. The molecule has 0 bridgehead atoms. The lowest BCUT2D eigenvalue weighted by Crippen LogP contribution is -2.30. The van der Waals surface area contributed by atoms with Crippen molar-refractivity contribution in [2.45, 2.75) is 12.5 Å². The predicted molar refractivity (Wildman–Crippen MR) is 68.0 cm³/mol. The van der Waals surface area contributed by atoms with Gasteiger partial charge in [-0.25, -0.2) is 0 Å². The van der Waals surface area contributed by atoms with E-state index in [-0.39, 0.29) is 6.10 Å². The summed E-state index contributed by atoms with van der Waals surface area (Å²) in [6.45, 7) is 1.90. The zero-order valence-corrected chi connectivity index (χ0v) is 11.1. The summed E-state index contributed by atoms with van der Waals surface area (Å²) in [5.41, 5.74) is 0.922. The molecule has 0 aliphatic carbocycles. The minimum atomic E-state index is 0.198. The molecule has 1 aliphatic rings. The third-order valence-electron chi connectivity index (χ3n) is 2.42. The SMILES string of the molecule is Clc1ccc(Br)cc1NCC1CCOCO1. The van der Waals surface area contributed by atoms with E-state index in [1.54, 1.807) is 0 Å². The van der Waals surface area contributed by atoms with Crippen LogP contribution in [-0.2, 0) is 9.47 Å². The van der Waals surface area contributed by atoms with Gasteiger partial charge in [0, 0.05) is 11.0 Å². The van der Waals surface area contributed by atoms with Crippen molar-refractivity contribution in [2.24, 2.45) is 0 Å². The van der Waals surface area contributed by atoms with Gasteiger partial charge in [0.15, 0.2) is 0 Å².